The molecule has 0 unspecified atom stereocenters. The van der Waals surface area contributed by atoms with Crippen molar-refractivity contribution in [3.8, 4) is 5.82 Å². The SMILES string of the molecule is Cc1cc(C(=O)Nc2cc(F)c(I)c(F)c2)c(C)n1-c1ccccn1. The molecule has 3 rings (SSSR count). The van der Waals surface area contributed by atoms with E-state index in [4.69, 9.17) is 0 Å². The van der Waals surface area contributed by atoms with Gasteiger partial charge in [-0.2, -0.15) is 0 Å². The number of anilines is 1. The van der Waals surface area contributed by atoms with Crippen LogP contribution in [0.15, 0.2) is 42.6 Å². The fourth-order valence-corrected chi connectivity index (χ4v) is 2.97. The summed E-state index contributed by atoms with van der Waals surface area (Å²) in [5.74, 6) is -1.16. The monoisotopic (exact) mass is 453 g/mol. The zero-order chi connectivity index (χ0) is 18.1. The Kier molecular flexibility index (Phi) is 4.85. The summed E-state index contributed by atoms with van der Waals surface area (Å²) >= 11 is 1.58. The number of rotatable bonds is 3. The molecule has 3 aromatic rings. The van der Waals surface area contributed by atoms with Crippen molar-refractivity contribution in [3.05, 3.63) is 74.8 Å². The van der Waals surface area contributed by atoms with Crippen molar-refractivity contribution in [2.24, 2.45) is 0 Å². The van der Waals surface area contributed by atoms with Crippen LogP contribution in [-0.4, -0.2) is 15.5 Å². The Labute approximate surface area is 157 Å². The van der Waals surface area contributed by atoms with Crippen molar-refractivity contribution in [2.75, 3.05) is 5.32 Å². The fraction of sp³-hybridized carbons (Fsp3) is 0.111. The van der Waals surface area contributed by atoms with E-state index in [1.54, 1.807) is 41.8 Å². The van der Waals surface area contributed by atoms with Crippen molar-refractivity contribution in [3.63, 3.8) is 0 Å². The minimum atomic E-state index is -0.713. The number of benzene rings is 1. The molecule has 1 amide bonds. The van der Waals surface area contributed by atoms with Crippen LogP contribution in [0.5, 0.6) is 0 Å². The number of hydrogen-bond acceptors (Lipinski definition) is 2. The molecule has 0 bridgehead atoms. The van der Waals surface area contributed by atoms with E-state index in [2.05, 4.69) is 10.3 Å². The maximum atomic E-state index is 13.7. The Hall–Kier alpha value is -2.29. The molecule has 25 heavy (non-hydrogen) atoms. The average Bonchev–Trinajstić information content (AvgIpc) is 2.88. The van der Waals surface area contributed by atoms with Crippen LogP contribution in [0.3, 0.4) is 0 Å². The summed E-state index contributed by atoms with van der Waals surface area (Å²) in [6.45, 7) is 3.66. The first-order valence-corrected chi connectivity index (χ1v) is 8.52. The quantitative estimate of drug-likeness (QED) is 0.465. The summed E-state index contributed by atoms with van der Waals surface area (Å²) in [4.78, 5) is 16.8. The maximum absolute atomic E-state index is 13.7. The summed E-state index contributed by atoms with van der Waals surface area (Å²) in [7, 11) is 0. The van der Waals surface area contributed by atoms with Gasteiger partial charge in [-0.05, 0) is 66.8 Å². The Balaban J connectivity index is 1.94. The van der Waals surface area contributed by atoms with Crippen LogP contribution in [-0.2, 0) is 0 Å². The zero-order valence-corrected chi connectivity index (χ0v) is 15.6. The van der Waals surface area contributed by atoms with Gasteiger partial charge in [0.25, 0.3) is 5.91 Å². The number of amides is 1. The minimum absolute atomic E-state index is 0.0723. The molecule has 0 aliphatic heterocycles. The number of aryl methyl sites for hydroxylation is 1. The summed E-state index contributed by atoms with van der Waals surface area (Å²) < 4.78 is 29.0. The standard InChI is InChI=1S/C18H14F2IN3O/c1-10-7-13(11(2)24(10)16-5-3-4-6-22-16)18(25)23-12-8-14(19)17(21)15(20)9-12/h3-9H,1-2H3,(H,23,25). The van der Waals surface area contributed by atoms with Gasteiger partial charge in [0.05, 0.1) is 9.13 Å². The lowest BCUT2D eigenvalue weighted by Crippen LogP contribution is -2.14. The van der Waals surface area contributed by atoms with Gasteiger partial charge in [0.1, 0.15) is 17.5 Å². The van der Waals surface area contributed by atoms with Crippen molar-refractivity contribution in [2.45, 2.75) is 13.8 Å². The lowest BCUT2D eigenvalue weighted by molar-refractivity contribution is 0.102. The van der Waals surface area contributed by atoms with Crippen molar-refractivity contribution < 1.29 is 13.6 Å². The van der Waals surface area contributed by atoms with Crippen molar-refractivity contribution in [1.82, 2.24) is 9.55 Å². The second-order valence-corrected chi connectivity index (χ2v) is 6.59. The van der Waals surface area contributed by atoms with E-state index in [0.717, 1.165) is 17.8 Å². The third-order valence-corrected chi connectivity index (χ3v) is 4.83. The number of nitrogens with one attached hydrogen (secondary N) is 1. The van der Waals surface area contributed by atoms with Crippen LogP contribution in [0.4, 0.5) is 14.5 Å². The normalized spacial score (nSPS) is 10.8. The topological polar surface area (TPSA) is 46.9 Å². The number of nitrogens with zero attached hydrogens (tertiary/aromatic N) is 2. The molecule has 0 saturated heterocycles. The largest absolute Gasteiger partial charge is 0.322 e. The molecule has 0 aliphatic rings. The molecule has 4 nitrogen and oxygen atoms in total. The molecular formula is C18H14F2IN3O. The van der Waals surface area contributed by atoms with Crippen LogP contribution in [0.2, 0.25) is 0 Å². The van der Waals surface area contributed by atoms with E-state index >= 15 is 0 Å². The molecule has 0 radical (unpaired) electrons. The van der Waals surface area contributed by atoms with Crippen LogP contribution < -0.4 is 5.32 Å². The first kappa shape index (κ1) is 17.5. The van der Waals surface area contributed by atoms with E-state index in [-0.39, 0.29) is 9.26 Å². The molecular weight excluding hydrogens is 439 g/mol. The highest BCUT2D eigenvalue weighted by Gasteiger charge is 2.18. The molecule has 1 N–H and O–H groups in total. The van der Waals surface area contributed by atoms with Crippen molar-refractivity contribution in [1.29, 1.82) is 0 Å². The molecule has 1 aromatic carbocycles. The Morgan fingerprint density at radius 1 is 1.16 bits per heavy atom. The van der Waals surface area contributed by atoms with Crippen LogP contribution in [0, 0.1) is 29.1 Å². The fourth-order valence-electron chi connectivity index (χ4n) is 2.66. The van der Waals surface area contributed by atoms with Gasteiger partial charge in [-0.25, -0.2) is 13.8 Å². The van der Waals surface area contributed by atoms with Crippen molar-refractivity contribution >= 4 is 34.2 Å². The number of halogens is 3. The summed E-state index contributed by atoms with van der Waals surface area (Å²) in [5, 5.41) is 2.54. The lowest BCUT2D eigenvalue weighted by Gasteiger charge is -2.09. The van der Waals surface area contributed by atoms with E-state index in [1.165, 1.54) is 0 Å². The molecule has 0 spiro atoms. The lowest BCUT2D eigenvalue weighted by atomic mass is 10.2. The van der Waals surface area contributed by atoms with E-state index in [0.29, 0.717) is 17.1 Å². The minimum Gasteiger partial charge on any atom is -0.322 e. The highest BCUT2D eigenvalue weighted by Crippen LogP contribution is 2.23. The van der Waals surface area contributed by atoms with Gasteiger partial charge < -0.3 is 9.88 Å². The highest BCUT2D eigenvalue weighted by atomic mass is 127. The smallest absolute Gasteiger partial charge is 0.257 e. The van der Waals surface area contributed by atoms with Crippen LogP contribution >= 0.6 is 22.6 Å². The number of carbonyl (C=O) groups is 1. The van der Waals surface area contributed by atoms with Gasteiger partial charge in [-0.15, -0.1) is 0 Å². The summed E-state index contributed by atoms with van der Waals surface area (Å²) in [6, 6.07) is 9.43. The molecule has 0 saturated carbocycles. The maximum Gasteiger partial charge on any atom is 0.257 e. The Morgan fingerprint density at radius 2 is 1.84 bits per heavy atom. The number of aromatic nitrogens is 2. The van der Waals surface area contributed by atoms with E-state index < -0.39 is 17.5 Å². The molecule has 2 heterocycles. The third kappa shape index (κ3) is 3.41. The van der Waals surface area contributed by atoms with Gasteiger partial charge in [-0.3, -0.25) is 4.79 Å². The van der Waals surface area contributed by atoms with E-state index in [9.17, 15) is 13.6 Å². The van der Waals surface area contributed by atoms with Crippen LogP contribution in [0.25, 0.3) is 5.82 Å². The number of carbonyl (C=O) groups excluding carboxylic acids is 1. The number of hydrogen-bond donors (Lipinski definition) is 1. The summed E-state index contributed by atoms with van der Waals surface area (Å²) in [5.41, 5.74) is 2.02. The Bertz CT molecular complexity index is 931. The third-order valence-electron chi connectivity index (χ3n) is 3.80. The molecule has 128 valence electrons. The highest BCUT2D eigenvalue weighted by molar-refractivity contribution is 14.1. The van der Waals surface area contributed by atoms with Gasteiger partial charge in [-0.1, -0.05) is 6.07 Å². The first-order valence-electron chi connectivity index (χ1n) is 7.44. The molecule has 2 aromatic heterocycles. The van der Waals surface area contributed by atoms with Gasteiger partial charge in [0.15, 0.2) is 0 Å². The van der Waals surface area contributed by atoms with Gasteiger partial charge >= 0.3 is 0 Å². The molecule has 7 heteroatoms. The average molecular weight is 453 g/mol. The van der Waals surface area contributed by atoms with E-state index in [1.807, 2.05) is 29.7 Å². The Morgan fingerprint density at radius 3 is 2.44 bits per heavy atom. The second kappa shape index (κ2) is 6.91. The summed E-state index contributed by atoms with van der Waals surface area (Å²) in [6.07, 6.45) is 1.67. The van der Waals surface area contributed by atoms with Gasteiger partial charge in [0, 0.05) is 23.3 Å². The molecule has 0 fully saturated rings. The predicted molar refractivity (Wildman–Crippen MR) is 100 cm³/mol. The first-order chi connectivity index (χ1) is 11.9. The number of pyridine rings is 1. The zero-order valence-electron chi connectivity index (χ0n) is 13.5. The van der Waals surface area contributed by atoms with Crippen LogP contribution in [0.1, 0.15) is 21.7 Å². The van der Waals surface area contributed by atoms with Gasteiger partial charge in [0.2, 0.25) is 0 Å². The molecule has 0 atom stereocenters. The molecule has 0 aliphatic carbocycles. The second-order valence-electron chi connectivity index (χ2n) is 5.52. The predicted octanol–water partition coefficient (Wildman–Crippen LogP) is 4.62.